The smallest absolute Gasteiger partial charge is 0.259 e. The molecule has 6 heteroatoms. The number of nitrogens with one attached hydrogen (secondary N) is 1. The lowest BCUT2D eigenvalue weighted by atomic mass is 10.0. The van der Waals surface area contributed by atoms with Gasteiger partial charge in [0.2, 0.25) is 5.88 Å². The molecule has 0 bridgehead atoms. The molecule has 0 aliphatic carbocycles. The monoisotopic (exact) mass is 379 g/mol. The highest BCUT2D eigenvalue weighted by molar-refractivity contribution is 5.99. The summed E-state index contributed by atoms with van der Waals surface area (Å²) >= 11 is 0. The molecule has 146 valence electrons. The van der Waals surface area contributed by atoms with E-state index in [2.05, 4.69) is 46.9 Å². The standard InChI is InChI=1S/C22H25N3O3/c1-4-27-19-11-9-18(10-12-19)17-7-5-16(6-8-17)13-14(2)24-22(26)20-15(3)25-28-21(20)23/h5-12,14H,4,13,23H2,1-3H3,(H,24,26). The molecule has 1 heterocycles. The number of benzene rings is 2. The van der Waals surface area contributed by atoms with Crippen LogP contribution in [-0.2, 0) is 6.42 Å². The van der Waals surface area contributed by atoms with E-state index < -0.39 is 0 Å². The molecule has 28 heavy (non-hydrogen) atoms. The number of hydrogen-bond donors (Lipinski definition) is 2. The Hall–Kier alpha value is -3.28. The van der Waals surface area contributed by atoms with Crippen molar-refractivity contribution in [2.75, 3.05) is 12.3 Å². The third-order valence-corrected chi connectivity index (χ3v) is 4.49. The maximum Gasteiger partial charge on any atom is 0.259 e. The van der Waals surface area contributed by atoms with Crippen molar-refractivity contribution in [3.63, 3.8) is 0 Å². The molecule has 0 fully saturated rings. The number of amides is 1. The predicted octanol–water partition coefficient (Wildman–Crippen LogP) is 3.99. The van der Waals surface area contributed by atoms with E-state index in [4.69, 9.17) is 15.0 Å². The summed E-state index contributed by atoms with van der Waals surface area (Å²) in [6, 6.07) is 16.3. The number of rotatable bonds is 7. The number of nitrogens with zero attached hydrogens (tertiary/aromatic N) is 1. The Morgan fingerprint density at radius 2 is 1.75 bits per heavy atom. The topological polar surface area (TPSA) is 90.4 Å². The summed E-state index contributed by atoms with van der Waals surface area (Å²) < 4.78 is 10.3. The highest BCUT2D eigenvalue weighted by atomic mass is 16.5. The molecule has 6 nitrogen and oxygen atoms in total. The van der Waals surface area contributed by atoms with Crippen LogP contribution in [-0.4, -0.2) is 23.7 Å². The van der Waals surface area contributed by atoms with Crippen molar-refractivity contribution in [2.45, 2.75) is 33.2 Å². The van der Waals surface area contributed by atoms with Crippen LogP contribution in [0, 0.1) is 6.92 Å². The number of aromatic nitrogens is 1. The molecule has 1 aromatic heterocycles. The van der Waals surface area contributed by atoms with Gasteiger partial charge >= 0.3 is 0 Å². The number of carbonyl (C=O) groups excluding carboxylic acids is 1. The Morgan fingerprint density at radius 1 is 1.14 bits per heavy atom. The first-order valence-corrected chi connectivity index (χ1v) is 9.32. The van der Waals surface area contributed by atoms with E-state index in [-0.39, 0.29) is 17.8 Å². The third-order valence-electron chi connectivity index (χ3n) is 4.49. The lowest BCUT2D eigenvalue weighted by Gasteiger charge is -2.14. The summed E-state index contributed by atoms with van der Waals surface area (Å²) in [6.07, 6.45) is 0.708. The number of carbonyl (C=O) groups is 1. The van der Waals surface area contributed by atoms with Crippen LogP contribution in [0.4, 0.5) is 5.88 Å². The van der Waals surface area contributed by atoms with Crippen molar-refractivity contribution in [1.82, 2.24) is 10.5 Å². The molecule has 2 aromatic carbocycles. The molecule has 3 aromatic rings. The Bertz CT molecular complexity index is 911. The largest absolute Gasteiger partial charge is 0.494 e. The van der Waals surface area contributed by atoms with Crippen molar-refractivity contribution in [2.24, 2.45) is 0 Å². The predicted molar refractivity (Wildman–Crippen MR) is 109 cm³/mol. The first-order valence-electron chi connectivity index (χ1n) is 9.32. The Labute approximate surface area is 164 Å². The van der Waals surface area contributed by atoms with E-state index in [0.29, 0.717) is 24.3 Å². The van der Waals surface area contributed by atoms with Crippen molar-refractivity contribution < 1.29 is 14.1 Å². The first-order chi connectivity index (χ1) is 13.5. The highest BCUT2D eigenvalue weighted by Gasteiger charge is 2.19. The quantitative estimate of drug-likeness (QED) is 0.648. The second-order valence-corrected chi connectivity index (χ2v) is 6.74. The van der Waals surface area contributed by atoms with Crippen LogP contribution < -0.4 is 15.8 Å². The van der Waals surface area contributed by atoms with Crippen LogP contribution >= 0.6 is 0 Å². The van der Waals surface area contributed by atoms with Crippen LogP contribution in [0.1, 0.15) is 35.5 Å². The van der Waals surface area contributed by atoms with Gasteiger partial charge < -0.3 is 20.3 Å². The zero-order valence-corrected chi connectivity index (χ0v) is 16.4. The van der Waals surface area contributed by atoms with E-state index in [9.17, 15) is 4.79 Å². The number of nitrogens with two attached hydrogens (primary N) is 1. The van der Waals surface area contributed by atoms with Crippen LogP contribution in [0.3, 0.4) is 0 Å². The van der Waals surface area contributed by atoms with Crippen molar-refractivity contribution in [3.8, 4) is 16.9 Å². The summed E-state index contributed by atoms with van der Waals surface area (Å²) in [4.78, 5) is 12.4. The first kappa shape index (κ1) is 19.5. The van der Waals surface area contributed by atoms with Crippen molar-refractivity contribution in [1.29, 1.82) is 0 Å². The summed E-state index contributed by atoms with van der Waals surface area (Å²) in [5.41, 5.74) is 9.87. The zero-order valence-electron chi connectivity index (χ0n) is 16.4. The van der Waals surface area contributed by atoms with Gasteiger partial charge in [-0.3, -0.25) is 4.79 Å². The number of anilines is 1. The molecule has 1 atom stereocenters. The molecule has 3 rings (SSSR count). The van der Waals surface area contributed by atoms with Gasteiger partial charge in [0.1, 0.15) is 11.3 Å². The van der Waals surface area contributed by atoms with Gasteiger partial charge in [-0.05, 0) is 56.0 Å². The summed E-state index contributed by atoms with van der Waals surface area (Å²) in [5.74, 6) is 0.646. The molecule has 0 aliphatic heterocycles. The summed E-state index contributed by atoms with van der Waals surface area (Å²) in [6.45, 7) is 6.28. The van der Waals surface area contributed by atoms with Crippen LogP contribution in [0.15, 0.2) is 53.1 Å². The molecular weight excluding hydrogens is 354 g/mol. The van der Waals surface area contributed by atoms with Crippen LogP contribution in [0.25, 0.3) is 11.1 Å². The Balaban J connectivity index is 1.61. The van der Waals surface area contributed by atoms with E-state index in [1.165, 1.54) is 0 Å². The molecule has 0 saturated carbocycles. The van der Waals surface area contributed by atoms with Crippen molar-refractivity contribution in [3.05, 3.63) is 65.4 Å². The Kier molecular flexibility index (Phi) is 5.99. The average Bonchev–Trinajstić information content (AvgIpc) is 3.01. The molecular formula is C22H25N3O3. The minimum Gasteiger partial charge on any atom is -0.494 e. The van der Waals surface area contributed by atoms with Crippen molar-refractivity contribution >= 4 is 11.8 Å². The molecule has 0 radical (unpaired) electrons. The fourth-order valence-electron chi connectivity index (χ4n) is 3.11. The maximum absolute atomic E-state index is 12.4. The van der Waals surface area contributed by atoms with E-state index >= 15 is 0 Å². The molecule has 1 unspecified atom stereocenters. The van der Waals surface area contributed by atoms with Gasteiger partial charge in [-0.1, -0.05) is 41.6 Å². The lowest BCUT2D eigenvalue weighted by molar-refractivity contribution is 0.0940. The van der Waals surface area contributed by atoms with E-state index in [1.54, 1.807) is 6.92 Å². The fraction of sp³-hybridized carbons (Fsp3) is 0.273. The highest BCUT2D eigenvalue weighted by Crippen LogP contribution is 2.23. The average molecular weight is 379 g/mol. The minimum atomic E-state index is -0.269. The SMILES string of the molecule is CCOc1ccc(-c2ccc(CC(C)NC(=O)c3c(C)noc3N)cc2)cc1. The number of nitrogen functional groups attached to an aromatic ring is 1. The third kappa shape index (κ3) is 4.52. The van der Waals surface area contributed by atoms with Gasteiger partial charge in [0, 0.05) is 6.04 Å². The second kappa shape index (κ2) is 8.61. The number of ether oxygens (including phenoxy) is 1. The molecule has 3 N–H and O–H groups in total. The summed E-state index contributed by atoms with van der Waals surface area (Å²) in [7, 11) is 0. The van der Waals surface area contributed by atoms with Gasteiger partial charge in [-0.2, -0.15) is 0 Å². The van der Waals surface area contributed by atoms with Crippen LogP contribution in [0.2, 0.25) is 0 Å². The molecule has 0 aliphatic rings. The van der Waals surface area contributed by atoms with Crippen LogP contribution in [0.5, 0.6) is 5.75 Å². The second-order valence-electron chi connectivity index (χ2n) is 6.74. The molecule has 0 spiro atoms. The van der Waals surface area contributed by atoms with Gasteiger partial charge in [-0.15, -0.1) is 0 Å². The molecule has 1 amide bonds. The summed E-state index contributed by atoms with van der Waals surface area (Å²) in [5, 5.41) is 6.66. The van der Waals surface area contributed by atoms with Gasteiger partial charge in [0.25, 0.3) is 5.91 Å². The number of aryl methyl sites for hydroxylation is 1. The number of hydrogen-bond acceptors (Lipinski definition) is 5. The lowest BCUT2D eigenvalue weighted by Crippen LogP contribution is -2.34. The van der Waals surface area contributed by atoms with E-state index in [1.807, 2.05) is 26.0 Å². The molecule has 0 saturated heterocycles. The Morgan fingerprint density at radius 3 is 2.29 bits per heavy atom. The normalized spacial score (nSPS) is 11.8. The fourth-order valence-corrected chi connectivity index (χ4v) is 3.11. The maximum atomic E-state index is 12.4. The minimum absolute atomic E-state index is 0.0434. The van der Waals surface area contributed by atoms with E-state index in [0.717, 1.165) is 22.4 Å². The van der Waals surface area contributed by atoms with Gasteiger partial charge in [-0.25, -0.2) is 0 Å². The zero-order chi connectivity index (χ0) is 20.1. The van der Waals surface area contributed by atoms with Gasteiger partial charge in [0.05, 0.1) is 12.3 Å². The van der Waals surface area contributed by atoms with Gasteiger partial charge in [0.15, 0.2) is 0 Å².